The first kappa shape index (κ1) is 13.6. The average Bonchev–Trinajstić information content (AvgIpc) is 2.88. The van der Waals surface area contributed by atoms with Gasteiger partial charge in [0, 0.05) is 26.0 Å². The average molecular weight is 259 g/mol. The summed E-state index contributed by atoms with van der Waals surface area (Å²) in [5.74, 6) is 0.862. The quantitative estimate of drug-likeness (QED) is 0.777. The van der Waals surface area contributed by atoms with Crippen molar-refractivity contribution in [2.45, 2.75) is 19.8 Å². The number of hydrogen-bond donors (Lipinski definition) is 1. The Kier molecular flexibility index (Phi) is 4.98. The van der Waals surface area contributed by atoms with Crippen LogP contribution in [0.1, 0.15) is 18.9 Å². The number of hydrogen-bond acceptors (Lipinski definition) is 3. The number of methoxy groups -OCH3 is 1. The molecule has 0 bridgehead atoms. The fourth-order valence-corrected chi connectivity index (χ4v) is 2.12. The maximum Gasteiger partial charge on any atom is 0.207 e. The number of ether oxygens (including phenoxy) is 1. The standard InChI is InChI=1S/C15H21N3O/c1-3-6-13-7-4-5-8-14(13)18-11-9-16-15(18)17-10-12-19-2/h4-5,7-9,11H,3,6,10,12H2,1-2H3,(H,16,17). The second-order valence-electron chi connectivity index (χ2n) is 4.42. The summed E-state index contributed by atoms with van der Waals surface area (Å²) in [6.45, 7) is 3.62. The molecular weight excluding hydrogens is 238 g/mol. The number of nitrogens with zero attached hydrogens (tertiary/aromatic N) is 2. The van der Waals surface area contributed by atoms with Crippen LogP contribution in [0, 0.1) is 0 Å². The van der Waals surface area contributed by atoms with Crippen LogP contribution in [-0.2, 0) is 11.2 Å². The van der Waals surface area contributed by atoms with Gasteiger partial charge in [0.15, 0.2) is 0 Å². The first-order valence-electron chi connectivity index (χ1n) is 6.71. The first-order valence-corrected chi connectivity index (χ1v) is 6.71. The molecule has 0 radical (unpaired) electrons. The molecule has 1 N–H and O–H groups in total. The Hall–Kier alpha value is -1.81. The van der Waals surface area contributed by atoms with Crippen molar-refractivity contribution in [1.29, 1.82) is 0 Å². The smallest absolute Gasteiger partial charge is 0.207 e. The molecule has 2 rings (SSSR count). The minimum absolute atomic E-state index is 0.670. The van der Waals surface area contributed by atoms with Crippen molar-refractivity contribution in [3.8, 4) is 5.69 Å². The Morgan fingerprint density at radius 2 is 2.16 bits per heavy atom. The molecule has 102 valence electrons. The lowest BCUT2D eigenvalue weighted by Crippen LogP contribution is -2.12. The number of aromatic nitrogens is 2. The van der Waals surface area contributed by atoms with Gasteiger partial charge in [-0.15, -0.1) is 0 Å². The summed E-state index contributed by atoms with van der Waals surface area (Å²) in [6.07, 6.45) is 6.02. The monoisotopic (exact) mass is 259 g/mol. The Labute approximate surface area is 114 Å². The van der Waals surface area contributed by atoms with Crippen LogP contribution < -0.4 is 5.32 Å². The van der Waals surface area contributed by atoms with Gasteiger partial charge < -0.3 is 10.1 Å². The van der Waals surface area contributed by atoms with E-state index in [1.807, 2.05) is 12.4 Å². The van der Waals surface area contributed by atoms with Gasteiger partial charge in [0.1, 0.15) is 0 Å². The highest BCUT2D eigenvalue weighted by Crippen LogP contribution is 2.20. The van der Waals surface area contributed by atoms with Gasteiger partial charge in [0.2, 0.25) is 5.95 Å². The zero-order valence-corrected chi connectivity index (χ0v) is 11.6. The fourth-order valence-electron chi connectivity index (χ4n) is 2.12. The van der Waals surface area contributed by atoms with E-state index in [4.69, 9.17) is 4.74 Å². The Morgan fingerprint density at radius 3 is 2.95 bits per heavy atom. The van der Waals surface area contributed by atoms with Gasteiger partial charge in [0.05, 0.1) is 12.3 Å². The van der Waals surface area contributed by atoms with E-state index in [-0.39, 0.29) is 0 Å². The zero-order valence-electron chi connectivity index (χ0n) is 11.6. The van der Waals surface area contributed by atoms with E-state index in [1.165, 1.54) is 11.3 Å². The number of rotatable bonds is 7. The molecule has 0 spiro atoms. The Morgan fingerprint density at radius 1 is 1.32 bits per heavy atom. The lowest BCUT2D eigenvalue weighted by atomic mass is 10.1. The zero-order chi connectivity index (χ0) is 13.5. The van der Waals surface area contributed by atoms with Crippen molar-refractivity contribution in [2.75, 3.05) is 25.6 Å². The summed E-state index contributed by atoms with van der Waals surface area (Å²) >= 11 is 0. The third-order valence-corrected chi connectivity index (χ3v) is 3.00. The predicted octanol–water partition coefficient (Wildman–Crippen LogP) is 2.88. The number of anilines is 1. The molecule has 0 unspecified atom stereocenters. The normalized spacial score (nSPS) is 10.6. The second kappa shape index (κ2) is 6.95. The summed E-state index contributed by atoms with van der Waals surface area (Å²) in [6, 6.07) is 8.46. The van der Waals surface area contributed by atoms with E-state index in [2.05, 4.69) is 46.1 Å². The molecule has 1 aromatic heterocycles. The summed E-state index contributed by atoms with van der Waals surface area (Å²) < 4.78 is 7.15. The molecule has 4 heteroatoms. The molecule has 4 nitrogen and oxygen atoms in total. The summed E-state index contributed by atoms with van der Waals surface area (Å²) in [4.78, 5) is 4.36. The van der Waals surface area contributed by atoms with E-state index in [1.54, 1.807) is 7.11 Å². The minimum atomic E-state index is 0.670. The summed E-state index contributed by atoms with van der Waals surface area (Å²) in [5, 5.41) is 3.29. The molecule has 0 atom stereocenters. The molecule has 0 aliphatic heterocycles. The molecule has 19 heavy (non-hydrogen) atoms. The van der Waals surface area contributed by atoms with Crippen molar-refractivity contribution in [1.82, 2.24) is 9.55 Å². The first-order chi connectivity index (χ1) is 9.36. The van der Waals surface area contributed by atoms with Crippen LogP contribution in [0.25, 0.3) is 5.69 Å². The summed E-state index contributed by atoms with van der Waals surface area (Å²) in [5.41, 5.74) is 2.54. The van der Waals surface area contributed by atoms with Crippen molar-refractivity contribution in [2.24, 2.45) is 0 Å². The van der Waals surface area contributed by atoms with Crippen LogP contribution in [-0.4, -0.2) is 29.8 Å². The highest BCUT2D eigenvalue weighted by atomic mass is 16.5. The molecular formula is C15H21N3O. The molecule has 0 saturated carbocycles. The molecule has 0 saturated heterocycles. The van der Waals surface area contributed by atoms with Crippen LogP contribution in [0.3, 0.4) is 0 Å². The lowest BCUT2D eigenvalue weighted by Gasteiger charge is -2.13. The van der Waals surface area contributed by atoms with Crippen molar-refractivity contribution >= 4 is 5.95 Å². The Bertz CT molecular complexity index is 508. The molecule has 0 aliphatic rings. The molecule has 0 amide bonds. The highest BCUT2D eigenvalue weighted by Gasteiger charge is 2.07. The van der Waals surface area contributed by atoms with E-state index in [9.17, 15) is 0 Å². The van der Waals surface area contributed by atoms with Crippen LogP contribution in [0.4, 0.5) is 5.95 Å². The van der Waals surface area contributed by atoms with E-state index in [0.717, 1.165) is 25.3 Å². The second-order valence-corrected chi connectivity index (χ2v) is 4.42. The fraction of sp³-hybridized carbons (Fsp3) is 0.400. The van der Waals surface area contributed by atoms with Crippen molar-refractivity contribution < 1.29 is 4.74 Å². The van der Waals surface area contributed by atoms with Crippen molar-refractivity contribution in [3.05, 3.63) is 42.2 Å². The van der Waals surface area contributed by atoms with Gasteiger partial charge in [-0.3, -0.25) is 4.57 Å². The van der Waals surface area contributed by atoms with Gasteiger partial charge in [-0.2, -0.15) is 0 Å². The van der Waals surface area contributed by atoms with Crippen LogP contribution in [0.2, 0.25) is 0 Å². The molecule has 2 aromatic rings. The van der Waals surface area contributed by atoms with Crippen molar-refractivity contribution in [3.63, 3.8) is 0 Å². The van der Waals surface area contributed by atoms with Crippen LogP contribution in [0.5, 0.6) is 0 Å². The van der Waals surface area contributed by atoms with E-state index >= 15 is 0 Å². The number of aryl methyl sites for hydroxylation is 1. The van der Waals surface area contributed by atoms with Crippen LogP contribution >= 0.6 is 0 Å². The van der Waals surface area contributed by atoms with Gasteiger partial charge in [-0.1, -0.05) is 31.5 Å². The number of imidazole rings is 1. The third-order valence-electron chi connectivity index (χ3n) is 3.00. The largest absolute Gasteiger partial charge is 0.383 e. The Balaban J connectivity index is 2.24. The number of para-hydroxylation sites is 1. The van der Waals surface area contributed by atoms with Gasteiger partial charge in [-0.05, 0) is 18.1 Å². The molecule has 1 heterocycles. The van der Waals surface area contributed by atoms with Gasteiger partial charge >= 0.3 is 0 Å². The SMILES string of the molecule is CCCc1ccccc1-n1ccnc1NCCOC. The maximum absolute atomic E-state index is 5.05. The van der Waals surface area contributed by atoms with Gasteiger partial charge in [0.25, 0.3) is 0 Å². The highest BCUT2D eigenvalue weighted by molar-refractivity contribution is 5.47. The minimum Gasteiger partial charge on any atom is -0.383 e. The molecule has 1 aromatic carbocycles. The number of benzene rings is 1. The van der Waals surface area contributed by atoms with E-state index < -0.39 is 0 Å². The maximum atomic E-state index is 5.05. The van der Waals surface area contributed by atoms with Gasteiger partial charge in [-0.25, -0.2) is 4.98 Å². The number of nitrogens with one attached hydrogen (secondary N) is 1. The van der Waals surface area contributed by atoms with E-state index in [0.29, 0.717) is 6.61 Å². The third kappa shape index (κ3) is 3.35. The molecule has 0 aliphatic carbocycles. The lowest BCUT2D eigenvalue weighted by molar-refractivity contribution is 0.210. The van der Waals surface area contributed by atoms with Crippen LogP contribution in [0.15, 0.2) is 36.7 Å². The molecule has 0 fully saturated rings. The topological polar surface area (TPSA) is 39.1 Å². The summed E-state index contributed by atoms with van der Waals surface area (Å²) in [7, 11) is 1.70. The predicted molar refractivity (Wildman–Crippen MR) is 77.9 cm³/mol.